The van der Waals surface area contributed by atoms with Crippen LogP contribution in [-0.2, 0) is 23.9 Å². The number of rotatable bonds is 6. The molecule has 174 valence electrons. The summed E-state index contributed by atoms with van der Waals surface area (Å²) in [5.41, 5.74) is 3.50. The van der Waals surface area contributed by atoms with E-state index in [-0.39, 0.29) is 18.1 Å². The summed E-state index contributed by atoms with van der Waals surface area (Å²) in [4.78, 5) is 20.2. The lowest BCUT2D eigenvalue weighted by Crippen LogP contribution is -2.14. The van der Waals surface area contributed by atoms with Crippen LogP contribution in [0.25, 0.3) is 16.7 Å². The van der Waals surface area contributed by atoms with Crippen LogP contribution in [0.5, 0.6) is 0 Å². The average molecular weight is 458 g/mol. The molecule has 1 aromatic carbocycles. The Labute approximate surface area is 188 Å². The first-order chi connectivity index (χ1) is 15.5. The number of aryl methyl sites for hydroxylation is 2. The summed E-state index contributed by atoms with van der Waals surface area (Å²) < 4.78 is 42.1. The number of carbonyl (C=O) groups is 1. The van der Waals surface area contributed by atoms with Gasteiger partial charge in [-0.1, -0.05) is 13.8 Å². The molecule has 0 fully saturated rings. The summed E-state index contributed by atoms with van der Waals surface area (Å²) >= 11 is 0. The van der Waals surface area contributed by atoms with E-state index in [1.807, 2.05) is 30.5 Å². The normalized spacial score (nSPS) is 12.2. The minimum Gasteiger partial charge on any atom is -0.347 e. The number of alkyl halides is 3. The summed E-state index contributed by atoms with van der Waals surface area (Å²) in [5, 5.41) is 7.49. The van der Waals surface area contributed by atoms with E-state index in [9.17, 15) is 18.0 Å². The molecule has 0 atom stereocenters. The Morgan fingerprint density at radius 2 is 1.91 bits per heavy atom. The van der Waals surface area contributed by atoms with Gasteiger partial charge in [0.25, 0.3) is 11.6 Å². The Bertz CT molecular complexity index is 1340. The number of carbonyl (C=O) groups excluding carboxylic acids is 1. The number of hydrogen-bond donors (Lipinski definition) is 1. The summed E-state index contributed by atoms with van der Waals surface area (Å²) in [6.45, 7) is 8.59. The van der Waals surface area contributed by atoms with Crippen LogP contribution < -0.4 is 5.32 Å². The number of halogens is 3. The fourth-order valence-electron chi connectivity index (χ4n) is 3.98. The van der Waals surface area contributed by atoms with E-state index in [2.05, 4.69) is 38.8 Å². The van der Waals surface area contributed by atoms with E-state index in [4.69, 9.17) is 0 Å². The molecule has 33 heavy (non-hydrogen) atoms. The van der Waals surface area contributed by atoms with Gasteiger partial charge in [0.15, 0.2) is 0 Å². The molecule has 0 aliphatic heterocycles. The number of hydrogen-bond acceptors (Lipinski definition) is 4. The van der Waals surface area contributed by atoms with Crippen molar-refractivity contribution >= 4 is 28.3 Å². The maximum Gasteiger partial charge on any atom is 0.453 e. The number of nitrogens with zero attached hydrogens (tertiary/aromatic N) is 5. The molecule has 0 saturated carbocycles. The third-order valence-corrected chi connectivity index (χ3v) is 5.52. The largest absolute Gasteiger partial charge is 0.453 e. The van der Waals surface area contributed by atoms with Crippen molar-refractivity contribution in [2.75, 3.05) is 5.32 Å². The highest BCUT2D eigenvalue weighted by Gasteiger charge is 2.37. The van der Waals surface area contributed by atoms with Crippen molar-refractivity contribution in [1.82, 2.24) is 24.1 Å². The van der Waals surface area contributed by atoms with Gasteiger partial charge in [0.1, 0.15) is 0 Å². The molecular weight excluding hydrogens is 433 g/mol. The van der Waals surface area contributed by atoms with Crippen LogP contribution in [0.4, 0.5) is 18.9 Å². The molecule has 0 aliphatic rings. The standard InChI is InChI=1S/C23H25F3N6O/c1-13(2)12-31-10-9-16-11-17(5-7-19(16)31)28-20(33)8-6-18-14(3)27-22-29-21(23(24,25)26)30-32(22)15(18)4/h5,7,9-11,13H,6,8,12H2,1-4H3,(H,28,33). The number of fused-ring (bicyclic) bond motifs is 2. The number of benzene rings is 1. The van der Waals surface area contributed by atoms with Crippen molar-refractivity contribution in [1.29, 1.82) is 0 Å². The fourth-order valence-corrected chi connectivity index (χ4v) is 3.98. The number of anilines is 1. The molecule has 4 rings (SSSR count). The molecule has 0 unspecified atom stereocenters. The van der Waals surface area contributed by atoms with Crippen molar-refractivity contribution in [3.63, 3.8) is 0 Å². The van der Waals surface area contributed by atoms with Crippen LogP contribution in [0.1, 0.15) is 43.0 Å². The summed E-state index contributed by atoms with van der Waals surface area (Å²) in [5.74, 6) is -1.00. The maximum absolute atomic E-state index is 13.0. The number of aromatic nitrogens is 5. The molecule has 0 spiro atoms. The van der Waals surface area contributed by atoms with E-state index in [1.165, 1.54) is 0 Å². The first-order valence-electron chi connectivity index (χ1n) is 10.7. The third-order valence-electron chi connectivity index (χ3n) is 5.52. The highest BCUT2D eigenvalue weighted by Crippen LogP contribution is 2.27. The molecule has 1 amide bonds. The second-order valence-electron chi connectivity index (χ2n) is 8.59. The van der Waals surface area contributed by atoms with Gasteiger partial charge in [0.05, 0.1) is 0 Å². The van der Waals surface area contributed by atoms with Crippen molar-refractivity contribution in [3.05, 3.63) is 53.2 Å². The summed E-state index contributed by atoms with van der Waals surface area (Å²) in [6, 6.07) is 7.81. The molecule has 3 aromatic heterocycles. The van der Waals surface area contributed by atoms with Gasteiger partial charge in [0.2, 0.25) is 5.91 Å². The van der Waals surface area contributed by atoms with E-state index in [0.717, 1.165) is 22.0 Å². The first-order valence-corrected chi connectivity index (χ1v) is 10.7. The lowest BCUT2D eigenvalue weighted by Gasteiger charge is -2.11. The van der Waals surface area contributed by atoms with Gasteiger partial charge in [-0.15, -0.1) is 5.10 Å². The molecule has 0 radical (unpaired) electrons. The molecule has 1 N–H and O–H groups in total. The van der Waals surface area contributed by atoms with Crippen LogP contribution in [-0.4, -0.2) is 30.1 Å². The molecule has 3 heterocycles. The predicted molar refractivity (Wildman–Crippen MR) is 119 cm³/mol. The summed E-state index contributed by atoms with van der Waals surface area (Å²) in [7, 11) is 0. The second-order valence-corrected chi connectivity index (χ2v) is 8.59. The lowest BCUT2D eigenvalue weighted by atomic mass is 10.1. The van der Waals surface area contributed by atoms with Crippen molar-refractivity contribution < 1.29 is 18.0 Å². The third kappa shape index (κ3) is 4.69. The molecular formula is C23H25F3N6O. The first kappa shape index (κ1) is 22.8. The molecule has 0 aliphatic carbocycles. The van der Waals surface area contributed by atoms with Crippen molar-refractivity contribution in [2.45, 2.75) is 53.3 Å². The lowest BCUT2D eigenvalue weighted by molar-refractivity contribution is -0.144. The van der Waals surface area contributed by atoms with E-state index in [1.54, 1.807) is 13.8 Å². The van der Waals surface area contributed by atoms with Crippen molar-refractivity contribution in [2.24, 2.45) is 5.92 Å². The van der Waals surface area contributed by atoms with E-state index < -0.39 is 12.0 Å². The molecule has 0 bridgehead atoms. The van der Waals surface area contributed by atoms with Crippen LogP contribution in [0.3, 0.4) is 0 Å². The second kappa shape index (κ2) is 8.49. The maximum atomic E-state index is 13.0. The zero-order chi connectivity index (χ0) is 23.9. The van der Waals surface area contributed by atoms with Gasteiger partial charge < -0.3 is 9.88 Å². The van der Waals surface area contributed by atoms with Crippen LogP contribution >= 0.6 is 0 Å². The minimum absolute atomic E-state index is 0.108. The Kier molecular flexibility index (Phi) is 5.85. The molecule has 0 saturated heterocycles. The Morgan fingerprint density at radius 1 is 1.15 bits per heavy atom. The van der Waals surface area contributed by atoms with Gasteiger partial charge in [-0.05, 0) is 56.0 Å². The van der Waals surface area contributed by atoms with E-state index >= 15 is 0 Å². The SMILES string of the molecule is Cc1nc2nc(C(F)(F)F)nn2c(C)c1CCC(=O)Nc1ccc2c(ccn2CC(C)C)c1. The summed E-state index contributed by atoms with van der Waals surface area (Å²) in [6.07, 6.45) is -2.13. The van der Waals surface area contributed by atoms with Gasteiger partial charge in [0, 0.05) is 47.1 Å². The highest BCUT2D eigenvalue weighted by molar-refractivity contribution is 5.94. The van der Waals surface area contributed by atoms with Gasteiger partial charge >= 0.3 is 6.18 Å². The quantitative estimate of drug-likeness (QED) is 0.444. The molecule has 10 heteroatoms. The van der Waals surface area contributed by atoms with Crippen LogP contribution in [0, 0.1) is 19.8 Å². The van der Waals surface area contributed by atoms with Crippen LogP contribution in [0.15, 0.2) is 30.5 Å². The number of nitrogens with one attached hydrogen (secondary N) is 1. The van der Waals surface area contributed by atoms with Gasteiger partial charge in [-0.25, -0.2) is 9.50 Å². The zero-order valence-electron chi connectivity index (χ0n) is 18.9. The van der Waals surface area contributed by atoms with Gasteiger partial charge in [-0.2, -0.15) is 18.2 Å². The fraction of sp³-hybridized carbons (Fsp3) is 0.391. The Morgan fingerprint density at radius 3 is 2.61 bits per heavy atom. The van der Waals surface area contributed by atoms with Crippen molar-refractivity contribution in [3.8, 4) is 0 Å². The van der Waals surface area contributed by atoms with E-state index in [0.29, 0.717) is 35.0 Å². The van der Waals surface area contributed by atoms with Gasteiger partial charge in [-0.3, -0.25) is 4.79 Å². The average Bonchev–Trinajstić information content (AvgIpc) is 3.31. The molecule has 4 aromatic rings. The monoisotopic (exact) mass is 458 g/mol. The molecule has 7 nitrogen and oxygen atoms in total. The Hall–Kier alpha value is -3.43. The highest BCUT2D eigenvalue weighted by atomic mass is 19.4. The number of amides is 1. The topological polar surface area (TPSA) is 77.1 Å². The minimum atomic E-state index is -4.65. The predicted octanol–water partition coefficient (Wildman–Crippen LogP) is 4.94. The zero-order valence-corrected chi connectivity index (χ0v) is 18.9. The van der Waals surface area contributed by atoms with Crippen LogP contribution in [0.2, 0.25) is 0 Å². The smallest absolute Gasteiger partial charge is 0.347 e. The Balaban J connectivity index is 1.47.